The van der Waals surface area contributed by atoms with E-state index >= 15 is 0 Å². The number of thiazole rings is 1. The fourth-order valence-electron chi connectivity index (χ4n) is 3.22. The van der Waals surface area contributed by atoms with Gasteiger partial charge in [-0.1, -0.05) is 18.2 Å². The number of aromatic nitrogens is 3. The van der Waals surface area contributed by atoms with Gasteiger partial charge < -0.3 is 5.32 Å². The van der Waals surface area contributed by atoms with Crippen LogP contribution in [-0.2, 0) is 0 Å². The minimum absolute atomic E-state index is 0.154. The quantitative estimate of drug-likeness (QED) is 0.551. The molecule has 0 spiro atoms. The third-order valence-corrected chi connectivity index (χ3v) is 5.64. The number of hydrogen-bond donors (Lipinski definition) is 1. The molecule has 0 radical (unpaired) electrons. The normalized spacial score (nSPS) is 13.8. The van der Waals surface area contributed by atoms with E-state index in [1.165, 1.54) is 0 Å². The molecule has 2 heterocycles. The number of aryl methyl sites for hydroxylation is 1. The highest BCUT2D eigenvalue weighted by atomic mass is 32.1. The fraction of sp³-hybridized carbons (Fsp3) is 0.190. The number of hydrogen-bond acceptors (Lipinski definition) is 4. The molecule has 0 aliphatic heterocycles. The van der Waals surface area contributed by atoms with Crippen molar-refractivity contribution in [1.29, 1.82) is 0 Å². The van der Waals surface area contributed by atoms with Crippen molar-refractivity contribution in [1.82, 2.24) is 14.8 Å². The minimum atomic E-state index is -0.154. The average molecular weight is 374 g/mol. The lowest BCUT2D eigenvalue weighted by Crippen LogP contribution is -2.16. The first-order valence-electron chi connectivity index (χ1n) is 9.01. The summed E-state index contributed by atoms with van der Waals surface area (Å²) in [5.74, 6) is 0.330. The zero-order valence-electron chi connectivity index (χ0n) is 14.8. The second-order valence-corrected chi connectivity index (χ2v) is 8.08. The zero-order valence-corrected chi connectivity index (χ0v) is 15.7. The third kappa shape index (κ3) is 3.13. The van der Waals surface area contributed by atoms with Crippen molar-refractivity contribution in [3.8, 4) is 5.69 Å². The highest BCUT2D eigenvalue weighted by Crippen LogP contribution is 2.39. The van der Waals surface area contributed by atoms with Crippen LogP contribution >= 0.6 is 11.3 Å². The Morgan fingerprint density at radius 2 is 1.96 bits per heavy atom. The minimum Gasteiger partial charge on any atom is -0.321 e. The summed E-state index contributed by atoms with van der Waals surface area (Å²) in [7, 11) is 0. The molecule has 134 valence electrons. The summed E-state index contributed by atoms with van der Waals surface area (Å²) in [4.78, 5) is 17.5. The first kappa shape index (κ1) is 16.2. The fourth-order valence-corrected chi connectivity index (χ4v) is 4.08. The summed E-state index contributed by atoms with van der Waals surface area (Å²) in [5, 5.41) is 8.75. The van der Waals surface area contributed by atoms with Gasteiger partial charge in [-0.3, -0.25) is 4.79 Å². The first-order valence-corrected chi connectivity index (χ1v) is 9.83. The van der Waals surface area contributed by atoms with Gasteiger partial charge in [0.15, 0.2) is 0 Å². The molecule has 5 nitrogen and oxygen atoms in total. The molecular weight excluding hydrogens is 356 g/mol. The number of amides is 1. The van der Waals surface area contributed by atoms with Crippen molar-refractivity contribution < 1.29 is 4.79 Å². The molecule has 1 amide bonds. The van der Waals surface area contributed by atoms with E-state index in [0.717, 1.165) is 45.1 Å². The van der Waals surface area contributed by atoms with Crippen molar-refractivity contribution in [2.45, 2.75) is 25.7 Å². The van der Waals surface area contributed by atoms with Gasteiger partial charge in [0, 0.05) is 11.6 Å². The van der Waals surface area contributed by atoms with E-state index in [2.05, 4.69) is 10.3 Å². The molecule has 5 rings (SSSR count). The van der Waals surface area contributed by atoms with Crippen molar-refractivity contribution in [2.24, 2.45) is 0 Å². The van der Waals surface area contributed by atoms with Crippen LogP contribution in [0.25, 0.3) is 15.9 Å². The number of rotatable bonds is 4. The van der Waals surface area contributed by atoms with Gasteiger partial charge in [-0.05, 0) is 56.2 Å². The smallest absolute Gasteiger partial charge is 0.274 e. The monoisotopic (exact) mass is 374 g/mol. The maximum Gasteiger partial charge on any atom is 0.274 e. The average Bonchev–Trinajstić information content (AvgIpc) is 3.31. The van der Waals surface area contributed by atoms with E-state index in [1.807, 2.05) is 61.5 Å². The lowest BCUT2D eigenvalue weighted by Gasteiger charge is -2.08. The number of fused-ring (bicyclic) bond motifs is 1. The van der Waals surface area contributed by atoms with E-state index in [1.54, 1.807) is 16.0 Å². The number of carbonyl (C=O) groups is 1. The zero-order chi connectivity index (χ0) is 18.4. The highest BCUT2D eigenvalue weighted by Gasteiger charge is 2.29. The largest absolute Gasteiger partial charge is 0.321 e. The van der Waals surface area contributed by atoms with Gasteiger partial charge in [0.2, 0.25) is 0 Å². The number of nitrogens with zero attached hydrogens (tertiary/aromatic N) is 3. The van der Waals surface area contributed by atoms with E-state index in [4.69, 9.17) is 5.10 Å². The molecule has 27 heavy (non-hydrogen) atoms. The van der Waals surface area contributed by atoms with Crippen LogP contribution in [-0.4, -0.2) is 20.7 Å². The summed E-state index contributed by atoms with van der Waals surface area (Å²) in [6.07, 6.45) is 2.29. The van der Waals surface area contributed by atoms with Gasteiger partial charge in [0.1, 0.15) is 5.69 Å². The van der Waals surface area contributed by atoms with E-state index in [-0.39, 0.29) is 5.91 Å². The van der Waals surface area contributed by atoms with Gasteiger partial charge in [0.05, 0.1) is 26.6 Å². The van der Waals surface area contributed by atoms with Crippen molar-refractivity contribution in [3.05, 3.63) is 71.0 Å². The van der Waals surface area contributed by atoms with Crippen LogP contribution in [0.1, 0.15) is 39.9 Å². The Morgan fingerprint density at radius 1 is 1.15 bits per heavy atom. The summed E-state index contributed by atoms with van der Waals surface area (Å²) in [5.41, 5.74) is 4.18. The molecule has 1 N–H and O–H groups in total. The number of benzene rings is 2. The second-order valence-electron chi connectivity index (χ2n) is 6.85. The predicted molar refractivity (Wildman–Crippen MR) is 108 cm³/mol. The Balaban J connectivity index is 1.49. The molecule has 2 aromatic carbocycles. The van der Waals surface area contributed by atoms with Gasteiger partial charge >= 0.3 is 0 Å². The van der Waals surface area contributed by atoms with Crippen LogP contribution in [0.4, 0.5) is 5.69 Å². The molecule has 1 fully saturated rings. The van der Waals surface area contributed by atoms with Crippen molar-refractivity contribution >= 4 is 33.1 Å². The Labute approximate surface area is 160 Å². The highest BCUT2D eigenvalue weighted by molar-refractivity contribution is 7.18. The standard InChI is InChI=1S/C21H18N4OS/c1-13-22-17-10-9-15(11-20(17)27-13)23-21(26)19-12-18(14-7-8-14)24-25(19)16-5-3-2-4-6-16/h2-6,9-12,14H,7-8H2,1H3,(H,23,26). The molecular formula is C21H18N4OS. The first-order chi connectivity index (χ1) is 13.2. The van der Waals surface area contributed by atoms with E-state index < -0.39 is 0 Å². The van der Waals surface area contributed by atoms with Gasteiger partial charge in [-0.25, -0.2) is 9.67 Å². The lowest BCUT2D eigenvalue weighted by atomic mass is 10.2. The number of para-hydroxylation sites is 1. The molecule has 2 aromatic heterocycles. The van der Waals surface area contributed by atoms with Crippen LogP contribution in [0, 0.1) is 6.92 Å². The lowest BCUT2D eigenvalue weighted by molar-refractivity contribution is 0.101. The molecule has 1 saturated carbocycles. The maximum absolute atomic E-state index is 13.0. The Morgan fingerprint density at radius 3 is 2.74 bits per heavy atom. The Kier molecular flexibility index (Phi) is 3.79. The Bertz CT molecular complexity index is 1140. The van der Waals surface area contributed by atoms with Crippen molar-refractivity contribution in [2.75, 3.05) is 5.32 Å². The molecule has 1 aliphatic rings. The molecule has 0 atom stereocenters. The van der Waals surface area contributed by atoms with Crippen LogP contribution in [0.2, 0.25) is 0 Å². The van der Waals surface area contributed by atoms with Crippen LogP contribution < -0.4 is 5.32 Å². The second kappa shape index (κ2) is 6.32. The summed E-state index contributed by atoms with van der Waals surface area (Å²) in [6, 6.07) is 17.5. The predicted octanol–water partition coefficient (Wildman–Crippen LogP) is 4.92. The third-order valence-electron chi connectivity index (χ3n) is 4.71. The van der Waals surface area contributed by atoms with Gasteiger partial charge in [-0.2, -0.15) is 5.10 Å². The Hall–Kier alpha value is -2.99. The van der Waals surface area contributed by atoms with E-state index in [0.29, 0.717) is 11.6 Å². The number of nitrogens with one attached hydrogen (secondary N) is 1. The van der Waals surface area contributed by atoms with Crippen LogP contribution in [0.15, 0.2) is 54.6 Å². The number of carbonyl (C=O) groups excluding carboxylic acids is 1. The molecule has 0 bridgehead atoms. The molecule has 6 heteroatoms. The van der Waals surface area contributed by atoms with Crippen molar-refractivity contribution in [3.63, 3.8) is 0 Å². The number of anilines is 1. The molecule has 0 saturated heterocycles. The summed E-state index contributed by atoms with van der Waals surface area (Å²) in [6.45, 7) is 1.99. The maximum atomic E-state index is 13.0. The topological polar surface area (TPSA) is 59.8 Å². The SMILES string of the molecule is Cc1nc2ccc(NC(=O)c3cc(C4CC4)nn3-c3ccccc3)cc2s1. The molecule has 4 aromatic rings. The van der Waals surface area contributed by atoms with Crippen LogP contribution in [0.3, 0.4) is 0 Å². The summed E-state index contributed by atoms with van der Waals surface area (Å²) < 4.78 is 2.82. The van der Waals surface area contributed by atoms with E-state index in [9.17, 15) is 4.79 Å². The molecule has 0 unspecified atom stereocenters. The van der Waals surface area contributed by atoms with Gasteiger partial charge in [0.25, 0.3) is 5.91 Å². The van der Waals surface area contributed by atoms with Crippen LogP contribution in [0.5, 0.6) is 0 Å². The molecule has 1 aliphatic carbocycles. The van der Waals surface area contributed by atoms with Gasteiger partial charge in [-0.15, -0.1) is 11.3 Å². The summed E-state index contributed by atoms with van der Waals surface area (Å²) >= 11 is 1.63.